The molecule has 0 saturated carbocycles. The van der Waals surface area contributed by atoms with Gasteiger partial charge >= 0.3 is 0 Å². The predicted octanol–water partition coefficient (Wildman–Crippen LogP) is 1.42. The molecule has 128 valence electrons. The van der Waals surface area contributed by atoms with E-state index in [1.54, 1.807) is 24.1 Å². The Morgan fingerprint density at radius 1 is 1.29 bits per heavy atom. The van der Waals surface area contributed by atoms with Gasteiger partial charge in [-0.2, -0.15) is 5.10 Å². The topological polar surface area (TPSA) is 85.2 Å². The second-order valence-corrected chi connectivity index (χ2v) is 5.55. The summed E-state index contributed by atoms with van der Waals surface area (Å²) < 4.78 is 6.90. The van der Waals surface area contributed by atoms with Gasteiger partial charge in [0.15, 0.2) is 0 Å². The van der Waals surface area contributed by atoms with Crippen molar-refractivity contribution < 1.29 is 14.3 Å². The largest absolute Gasteiger partial charge is 0.495 e. The summed E-state index contributed by atoms with van der Waals surface area (Å²) in [7, 11) is 3.37. The number of rotatable bonds is 7. The minimum atomic E-state index is -0.298. The fourth-order valence-corrected chi connectivity index (χ4v) is 2.24. The zero-order chi connectivity index (χ0) is 17.5. The number of aromatic nitrogens is 2. The zero-order valence-electron chi connectivity index (χ0n) is 14.1. The van der Waals surface area contributed by atoms with Gasteiger partial charge < -0.3 is 15.4 Å². The van der Waals surface area contributed by atoms with Crippen molar-refractivity contribution >= 4 is 17.5 Å². The van der Waals surface area contributed by atoms with Crippen molar-refractivity contribution in [1.29, 1.82) is 0 Å². The van der Waals surface area contributed by atoms with Crippen LogP contribution < -0.4 is 15.4 Å². The van der Waals surface area contributed by atoms with Gasteiger partial charge in [-0.3, -0.25) is 14.3 Å². The maximum absolute atomic E-state index is 12.0. The first-order chi connectivity index (χ1) is 11.5. The van der Waals surface area contributed by atoms with E-state index in [4.69, 9.17) is 4.74 Å². The highest BCUT2D eigenvalue weighted by Crippen LogP contribution is 2.24. The lowest BCUT2D eigenvalue weighted by Gasteiger charge is -2.11. The number of carbonyl (C=O) groups excluding carboxylic acids is 2. The first kappa shape index (κ1) is 17.5. The maximum Gasteiger partial charge on any atom is 0.243 e. The van der Waals surface area contributed by atoms with E-state index in [-0.39, 0.29) is 18.4 Å². The first-order valence-electron chi connectivity index (χ1n) is 7.66. The molecule has 1 heterocycles. The predicted molar refractivity (Wildman–Crippen MR) is 90.9 cm³/mol. The van der Waals surface area contributed by atoms with Crippen LogP contribution in [0.15, 0.2) is 30.6 Å². The van der Waals surface area contributed by atoms with Gasteiger partial charge in [0.25, 0.3) is 0 Å². The summed E-state index contributed by atoms with van der Waals surface area (Å²) >= 11 is 0. The van der Waals surface area contributed by atoms with Gasteiger partial charge in [0.05, 0.1) is 25.5 Å². The van der Waals surface area contributed by atoms with E-state index in [1.807, 2.05) is 32.3 Å². The number of benzene rings is 1. The second kappa shape index (κ2) is 8.14. The molecule has 0 aliphatic rings. The monoisotopic (exact) mass is 330 g/mol. The van der Waals surface area contributed by atoms with Crippen LogP contribution in [0.1, 0.15) is 17.5 Å². The number of methoxy groups -OCH3 is 1. The number of nitrogens with zero attached hydrogens (tertiary/aromatic N) is 2. The number of aryl methyl sites for hydroxylation is 3. The molecule has 7 nitrogen and oxygen atoms in total. The van der Waals surface area contributed by atoms with Crippen LogP contribution in [0, 0.1) is 6.92 Å². The van der Waals surface area contributed by atoms with Crippen LogP contribution in [0.5, 0.6) is 5.75 Å². The third kappa shape index (κ3) is 5.12. The Kier molecular flexibility index (Phi) is 5.95. The van der Waals surface area contributed by atoms with E-state index in [0.717, 1.165) is 11.1 Å². The maximum atomic E-state index is 12.0. The molecular weight excluding hydrogens is 308 g/mol. The number of amides is 2. The number of hydrogen-bond acceptors (Lipinski definition) is 4. The molecule has 24 heavy (non-hydrogen) atoms. The van der Waals surface area contributed by atoms with Gasteiger partial charge in [-0.05, 0) is 36.6 Å². The molecular formula is C17H22N4O3. The summed E-state index contributed by atoms with van der Waals surface area (Å²) in [6, 6.07) is 5.51. The third-order valence-electron chi connectivity index (χ3n) is 3.47. The van der Waals surface area contributed by atoms with E-state index in [1.165, 1.54) is 0 Å². The van der Waals surface area contributed by atoms with Gasteiger partial charge in [-0.1, -0.05) is 6.07 Å². The fourth-order valence-electron chi connectivity index (χ4n) is 2.24. The number of nitrogens with one attached hydrogen (secondary N) is 2. The molecule has 0 radical (unpaired) electrons. The highest BCUT2D eigenvalue weighted by Gasteiger charge is 2.10. The molecule has 7 heteroatoms. The quantitative estimate of drug-likeness (QED) is 0.804. The van der Waals surface area contributed by atoms with Crippen LogP contribution in [0.25, 0.3) is 0 Å². The van der Waals surface area contributed by atoms with E-state index < -0.39 is 0 Å². The molecule has 0 bridgehead atoms. The van der Waals surface area contributed by atoms with Crippen LogP contribution in [-0.2, 0) is 23.1 Å². The lowest BCUT2D eigenvalue weighted by Crippen LogP contribution is -2.33. The summed E-state index contributed by atoms with van der Waals surface area (Å²) in [4.78, 5) is 23.8. The van der Waals surface area contributed by atoms with Crippen molar-refractivity contribution in [3.63, 3.8) is 0 Å². The number of anilines is 1. The van der Waals surface area contributed by atoms with E-state index in [2.05, 4.69) is 15.7 Å². The summed E-state index contributed by atoms with van der Waals surface area (Å²) in [5, 5.41) is 9.40. The SMILES string of the molecule is COc1ccc(C)cc1NC(=O)CNC(=O)CCc1cnn(C)c1. The molecule has 0 aliphatic carbocycles. The number of ether oxygens (including phenoxy) is 1. The molecule has 2 N–H and O–H groups in total. The van der Waals surface area contributed by atoms with Crippen molar-refractivity contribution in [1.82, 2.24) is 15.1 Å². The van der Waals surface area contributed by atoms with Gasteiger partial charge in [-0.15, -0.1) is 0 Å². The Labute approximate surface area is 141 Å². The van der Waals surface area contributed by atoms with Gasteiger partial charge in [-0.25, -0.2) is 0 Å². The Bertz CT molecular complexity index is 724. The van der Waals surface area contributed by atoms with Crippen molar-refractivity contribution in [2.24, 2.45) is 7.05 Å². The first-order valence-corrected chi connectivity index (χ1v) is 7.66. The molecule has 0 unspecified atom stereocenters. The van der Waals surface area contributed by atoms with Gasteiger partial charge in [0.1, 0.15) is 5.75 Å². The van der Waals surface area contributed by atoms with Crippen LogP contribution in [0.2, 0.25) is 0 Å². The molecule has 0 atom stereocenters. The van der Waals surface area contributed by atoms with Crippen LogP contribution >= 0.6 is 0 Å². The normalized spacial score (nSPS) is 10.3. The average molecular weight is 330 g/mol. The highest BCUT2D eigenvalue weighted by molar-refractivity contribution is 5.95. The summed E-state index contributed by atoms with van der Waals surface area (Å²) in [6.45, 7) is 1.85. The van der Waals surface area contributed by atoms with Crippen molar-refractivity contribution in [3.05, 3.63) is 41.7 Å². The summed E-state index contributed by atoms with van der Waals surface area (Å²) in [5.74, 6) is 0.107. The van der Waals surface area contributed by atoms with Gasteiger partial charge in [0.2, 0.25) is 11.8 Å². The number of hydrogen-bond donors (Lipinski definition) is 2. The smallest absolute Gasteiger partial charge is 0.243 e. The Hall–Kier alpha value is -2.83. The summed E-state index contributed by atoms with van der Waals surface area (Å²) in [6.07, 6.45) is 4.49. The fraction of sp³-hybridized carbons (Fsp3) is 0.353. The second-order valence-electron chi connectivity index (χ2n) is 5.55. The Morgan fingerprint density at radius 3 is 2.75 bits per heavy atom. The van der Waals surface area contributed by atoms with Crippen LogP contribution in [-0.4, -0.2) is 35.2 Å². The van der Waals surface area contributed by atoms with Gasteiger partial charge in [0, 0.05) is 19.7 Å². The molecule has 0 spiro atoms. The molecule has 2 rings (SSSR count). The summed E-state index contributed by atoms with van der Waals surface area (Å²) in [5.41, 5.74) is 2.58. The molecule has 0 fully saturated rings. The Morgan fingerprint density at radius 2 is 2.08 bits per heavy atom. The minimum absolute atomic E-state index is 0.0804. The number of carbonyl (C=O) groups is 2. The molecule has 2 amide bonds. The van der Waals surface area contributed by atoms with Crippen molar-refractivity contribution in [3.8, 4) is 5.75 Å². The molecule has 2 aromatic rings. The third-order valence-corrected chi connectivity index (χ3v) is 3.47. The highest BCUT2D eigenvalue weighted by atomic mass is 16.5. The lowest BCUT2D eigenvalue weighted by molar-refractivity contribution is -0.124. The average Bonchev–Trinajstić information content (AvgIpc) is 2.97. The van der Waals surface area contributed by atoms with Crippen LogP contribution in [0.3, 0.4) is 0 Å². The van der Waals surface area contributed by atoms with E-state index >= 15 is 0 Å². The standard InChI is InChI=1S/C17H22N4O3/c1-12-4-6-15(24-3)14(8-12)20-17(23)10-18-16(22)7-5-13-9-19-21(2)11-13/h4,6,8-9,11H,5,7,10H2,1-3H3,(H,18,22)(H,20,23). The van der Waals surface area contributed by atoms with Crippen LogP contribution in [0.4, 0.5) is 5.69 Å². The van der Waals surface area contributed by atoms with E-state index in [9.17, 15) is 9.59 Å². The molecule has 1 aromatic heterocycles. The minimum Gasteiger partial charge on any atom is -0.495 e. The van der Waals surface area contributed by atoms with E-state index in [0.29, 0.717) is 24.3 Å². The molecule has 1 aromatic carbocycles. The Balaban J connectivity index is 1.78. The van der Waals surface area contributed by atoms with Crippen molar-refractivity contribution in [2.75, 3.05) is 19.0 Å². The molecule has 0 saturated heterocycles. The zero-order valence-corrected chi connectivity index (χ0v) is 14.1. The lowest BCUT2D eigenvalue weighted by atomic mass is 10.2. The molecule has 0 aliphatic heterocycles. The van der Waals surface area contributed by atoms with Crippen molar-refractivity contribution in [2.45, 2.75) is 19.8 Å².